The van der Waals surface area contributed by atoms with E-state index in [1.165, 1.54) is 18.2 Å². The first-order chi connectivity index (χ1) is 14.3. The smallest absolute Gasteiger partial charge is 0.383 e. The normalized spacial score (nSPS) is 23.5. The van der Waals surface area contributed by atoms with E-state index in [1.807, 2.05) is 11.1 Å². The third kappa shape index (κ3) is 3.36. The topological polar surface area (TPSA) is 82.6 Å². The number of hydrogen-bond donors (Lipinski definition) is 1. The van der Waals surface area contributed by atoms with Crippen LogP contribution in [-0.2, 0) is 15.7 Å². The van der Waals surface area contributed by atoms with Gasteiger partial charge in [-0.3, -0.25) is 9.80 Å². The number of alkyl halides is 3. The van der Waals surface area contributed by atoms with Crippen LogP contribution >= 0.6 is 0 Å². The maximum absolute atomic E-state index is 13.8. The number of carbonyl (C=O) groups is 1. The molecule has 2 aliphatic heterocycles. The Morgan fingerprint density at radius 1 is 1.17 bits per heavy atom. The van der Waals surface area contributed by atoms with E-state index in [0.29, 0.717) is 44.8 Å². The molecule has 2 heterocycles. The number of carbonyl (C=O) groups excluding carboxylic acids is 1. The molecule has 1 aliphatic carbocycles. The number of nitrogens with zero attached hydrogens (tertiary/aromatic N) is 3. The quantitative estimate of drug-likeness (QED) is 0.795. The molecule has 1 unspecified atom stereocenters. The molecule has 1 atom stereocenters. The minimum Gasteiger partial charge on any atom is -0.383 e. The van der Waals surface area contributed by atoms with Gasteiger partial charge in [0, 0.05) is 30.8 Å². The van der Waals surface area contributed by atoms with Crippen LogP contribution in [0.1, 0.15) is 36.3 Å². The summed E-state index contributed by atoms with van der Waals surface area (Å²) in [4.78, 5) is 13.0. The van der Waals surface area contributed by atoms with E-state index in [4.69, 9.17) is 10.5 Å². The van der Waals surface area contributed by atoms with Crippen molar-refractivity contribution in [2.45, 2.75) is 31.4 Å². The molecule has 0 saturated carbocycles. The maximum Gasteiger partial charge on any atom is 0.416 e. The zero-order valence-corrected chi connectivity index (χ0v) is 16.2. The van der Waals surface area contributed by atoms with E-state index in [1.54, 1.807) is 5.01 Å². The molecular weight excluding hydrogens is 397 g/mol. The van der Waals surface area contributed by atoms with E-state index in [-0.39, 0.29) is 34.7 Å². The molecule has 1 aromatic rings. The van der Waals surface area contributed by atoms with Crippen molar-refractivity contribution < 1.29 is 22.7 Å². The van der Waals surface area contributed by atoms with Gasteiger partial charge in [-0.05, 0) is 24.5 Å². The lowest BCUT2D eigenvalue weighted by Gasteiger charge is -2.46. The van der Waals surface area contributed by atoms with Crippen molar-refractivity contribution in [3.05, 3.63) is 58.1 Å². The van der Waals surface area contributed by atoms with Gasteiger partial charge in [0.15, 0.2) is 5.78 Å². The van der Waals surface area contributed by atoms with E-state index in [2.05, 4.69) is 0 Å². The fraction of sp³-hybridized carbons (Fsp3) is 0.429. The number of allylic oxidation sites excluding steroid dienone is 3. The fourth-order valence-electron chi connectivity index (χ4n) is 4.46. The Hall–Kier alpha value is -2.83. The Morgan fingerprint density at radius 2 is 1.87 bits per heavy atom. The molecular formula is C21H21F3N4O2. The second-order valence-electron chi connectivity index (χ2n) is 7.44. The van der Waals surface area contributed by atoms with Gasteiger partial charge in [0.2, 0.25) is 0 Å². The number of nitrogens with two attached hydrogens (primary N) is 1. The lowest BCUT2D eigenvalue weighted by Crippen LogP contribution is -2.52. The van der Waals surface area contributed by atoms with Gasteiger partial charge >= 0.3 is 6.18 Å². The summed E-state index contributed by atoms with van der Waals surface area (Å²) in [6.45, 7) is 1.94. The fourth-order valence-corrected chi connectivity index (χ4v) is 4.46. The summed E-state index contributed by atoms with van der Waals surface area (Å²) in [6.07, 6.45) is -3.30. The van der Waals surface area contributed by atoms with Crippen LogP contribution in [0.15, 0.2) is 46.9 Å². The van der Waals surface area contributed by atoms with Crippen LogP contribution in [0.2, 0.25) is 0 Å². The second-order valence-corrected chi connectivity index (χ2v) is 7.44. The lowest BCUT2D eigenvalue weighted by molar-refractivity contribution is -0.138. The van der Waals surface area contributed by atoms with Gasteiger partial charge in [-0.25, -0.2) is 5.01 Å². The standard InChI is InChI=1S/C21H21F3N4O2/c22-21(23,24)15-5-2-1-4-13(15)18-14(12-25)20(26)28(27-8-10-30-11-9-27)16-6-3-7-17(29)19(16)18/h1-2,4-5,18H,3,6-11,26H2. The van der Waals surface area contributed by atoms with Gasteiger partial charge in [-0.2, -0.15) is 18.4 Å². The molecule has 158 valence electrons. The molecule has 3 aliphatic rings. The highest BCUT2D eigenvalue weighted by Crippen LogP contribution is 2.48. The number of ether oxygens (including phenoxy) is 1. The van der Waals surface area contributed by atoms with Gasteiger partial charge in [0.25, 0.3) is 0 Å². The second kappa shape index (κ2) is 7.78. The van der Waals surface area contributed by atoms with Crippen LogP contribution in [-0.4, -0.2) is 42.1 Å². The molecule has 6 nitrogen and oxygen atoms in total. The molecule has 0 aromatic heterocycles. The van der Waals surface area contributed by atoms with Crippen molar-refractivity contribution in [1.29, 1.82) is 5.26 Å². The Labute approximate surface area is 172 Å². The van der Waals surface area contributed by atoms with E-state index >= 15 is 0 Å². The molecule has 4 rings (SSSR count). The van der Waals surface area contributed by atoms with Crippen molar-refractivity contribution in [3.8, 4) is 6.07 Å². The summed E-state index contributed by atoms with van der Waals surface area (Å²) >= 11 is 0. The van der Waals surface area contributed by atoms with Crippen LogP contribution in [0.4, 0.5) is 13.2 Å². The van der Waals surface area contributed by atoms with Gasteiger partial charge in [0.05, 0.1) is 36.3 Å². The molecule has 30 heavy (non-hydrogen) atoms. The maximum atomic E-state index is 13.8. The average Bonchev–Trinajstić information content (AvgIpc) is 2.73. The molecule has 2 N–H and O–H groups in total. The number of rotatable bonds is 2. The Bertz CT molecular complexity index is 971. The van der Waals surface area contributed by atoms with Crippen LogP contribution in [0.5, 0.6) is 0 Å². The third-order valence-corrected chi connectivity index (χ3v) is 5.73. The monoisotopic (exact) mass is 418 g/mol. The summed E-state index contributed by atoms with van der Waals surface area (Å²) in [5, 5.41) is 13.5. The molecule has 0 amide bonds. The molecule has 9 heteroatoms. The van der Waals surface area contributed by atoms with Crippen molar-refractivity contribution >= 4 is 5.78 Å². The summed E-state index contributed by atoms with van der Waals surface area (Å²) < 4.78 is 46.7. The SMILES string of the molecule is N#CC1=C(N)N(N2CCOCC2)C2=C(C(=O)CCC2)C1c1ccccc1C(F)(F)F. The zero-order valence-electron chi connectivity index (χ0n) is 16.2. The highest BCUT2D eigenvalue weighted by atomic mass is 19.4. The first-order valence-corrected chi connectivity index (χ1v) is 9.79. The first-order valence-electron chi connectivity index (χ1n) is 9.79. The molecule has 1 saturated heterocycles. The van der Waals surface area contributed by atoms with Gasteiger partial charge in [0.1, 0.15) is 5.82 Å². The zero-order chi connectivity index (χ0) is 21.5. The number of halogens is 3. The van der Waals surface area contributed by atoms with Crippen molar-refractivity contribution in [2.24, 2.45) is 5.73 Å². The van der Waals surface area contributed by atoms with E-state index in [9.17, 15) is 23.2 Å². The van der Waals surface area contributed by atoms with Crippen LogP contribution < -0.4 is 5.73 Å². The van der Waals surface area contributed by atoms with Crippen LogP contribution in [0.3, 0.4) is 0 Å². The Kier molecular flexibility index (Phi) is 5.30. The van der Waals surface area contributed by atoms with Gasteiger partial charge < -0.3 is 10.5 Å². The molecule has 0 spiro atoms. The molecule has 0 bridgehead atoms. The average molecular weight is 418 g/mol. The highest BCUT2D eigenvalue weighted by molar-refractivity contribution is 5.99. The van der Waals surface area contributed by atoms with Gasteiger partial charge in [-0.1, -0.05) is 18.2 Å². The van der Waals surface area contributed by atoms with Crippen molar-refractivity contribution in [2.75, 3.05) is 26.3 Å². The van der Waals surface area contributed by atoms with Crippen LogP contribution in [0.25, 0.3) is 0 Å². The summed E-state index contributed by atoms with van der Waals surface area (Å²) in [5.41, 5.74) is 6.20. The summed E-state index contributed by atoms with van der Waals surface area (Å²) in [5.74, 6) is -1.29. The minimum absolute atomic E-state index is 0.0350. The molecule has 0 radical (unpaired) electrons. The van der Waals surface area contributed by atoms with Gasteiger partial charge in [-0.15, -0.1) is 0 Å². The number of hydrazine groups is 1. The van der Waals surface area contributed by atoms with Crippen molar-refractivity contribution in [1.82, 2.24) is 10.0 Å². The first kappa shape index (κ1) is 20.4. The third-order valence-electron chi connectivity index (χ3n) is 5.73. The summed E-state index contributed by atoms with van der Waals surface area (Å²) in [6, 6.07) is 7.09. The van der Waals surface area contributed by atoms with E-state index in [0.717, 1.165) is 6.07 Å². The van der Waals surface area contributed by atoms with Crippen molar-refractivity contribution in [3.63, 3.8) is 0 Å². The molecule has 1 fully saturated rings. The Morgan fingerprint density at radius 3 is 2.53 bits per heavy atom. The lowest BCUT2D eigenvalue weighted by atomic mass is 9.74. The largest absolute Gasteiger partial charge is 0.416 e. The number of Topliss-reactive ketones (excluding diaryl/α,β-unsaturated/α-hetero) is 1. The number of ketones is 1. The number of benzene rings is 1. The summed E-state index contributed by atoms with van der Waals surface area (Å²) in [7, 11) is 0. The molecule has 1 aromatic carbocycles. The van der Waals surface area contributed by atoms with Crippen LogP contribution in [0, 0.1) is 11.3 Å². The highest BCUT2D eigenvalue weighted by Gasteiger charge is 2.45. The minimum atomic E-state index is -4.62. The Balaban J connectivity index is 1.94. The number of nitriles is 1. The van der Waals surface area contributed by atoms with E-state index < -0.39 is 17.7 Å². The number of morpholine rings is 1. The predicted molar refractivity (Wildman–Crippen MR) is 101 cm³/mol. The predicted octanol–water partition coefficient (Wildman–Crippen LogP) is 3.05. The number of hydrogen-bond acceptors (Lipinski definition) is 6.